The first-order valence-electron chi connectivity index (χ1n) is 9.28. The summed E-state index contributed by atoms with van der Waals surface area (Å²) in [6, 6.07) is 11.8. The van der Waals surface area contributed by atoms with Gasteiger partial charge in [0.25, 0.3) is 0 Å². The van der Waals surface area contributed by atoms with Gasteiger partial charge in [-0.2, -0.15) is 0 Å². The Balaban J connectivity index is 1.69. The summed E-state index contributed by atoms with van der Waals surface area (Å²) in [6.45, 7) is 3.39. The van der Waals surface area contributed by atoms with E-state index >= 15 is 0 Å². The number of carbonyl (C=O) groups is 2. The molecular formula is C22H22FN3O3S. The van der Waals surface area contributed by atoms with Crippen LogP contribution in [0.1, 0.15) is 30.5 Å². The van der Waals surface area contributed by atoms with Crippen LogP contribution in [0.25, 0.3) is 11.3 Å². The number of nitrogens with one attached hydrogen (secondary N) is 2. The molecule has 0 aliphatic rings. The molecule has 0 fully saturated rings. The average Bonchev–Trinajstić information content (AvgIpc) is 3.16. The van der Waals surface area contributed by atoms with Gasteiger partial charge in [0, 0.05) is 17.9 Å². The topological polar surface area (TPSA) is 80.3 Å². The fourth-order valence-electron chi connectivity index (χ4n) is 2.94. The van der Waals surface area contributed by atoms with Crippen LogP contribution in [-0.4, -0.2) is 23.9 Å². The van der Waals surface area contributed by atoms with Gasteiger partial charge in [-0.15, -0.1) is 11.3 Å². The third-order valence-electron chi connectivity index (χ3n) is 4.44. The van der Waals surface area contributed by atoms with Crippen LogP contribution in [0, 0.1) is 12.7 Å². The lowest BCUT2D eigenvalue weighted by molar-refractivity contribution is -0.120. The minimum absolute atomic E-state index is 0.0642. The standard InChI is InChI=1S/C22H22FN3O3S/c1-13-4-6-15(7-5-13)18(24-14(2)27)11-21(28)26-22-25-19(12-30-22)16-8-9-20(29-3)17(23)10-16/h4-10,12,18H,11H2,1-3H3,(H,24,27)(H,25,26,28). The summed E-state index contributed by atoms with van der Waals surface area (Å²) in [5.74, 6) is -0.824. The number of amides is 2. The molecule has 3 aromatic rings. The molecule has 0 bridgehead atoms. The molecule has 0 radical (unpaired) electrons. The summed E-state index contributed by atoms with van der Waals surface area (Å²) in [5.41, 5.74) is 3.07. The van der Waals surface area contributed by atoms with Crippen molar-refractivity contribution < 1.29 is 18.7 Å². The number of nitrogens with zero attached hydrogens (tertiary/aromatic N) is 1. The third-order valence-corrected chi connectivity index (χ3v) is 5.20. The fourth-order valence-corrected chi connectivity index (χ4v) is 3.68. The predicted octanol–water partition coefficient (Wildman–Crippen LogP) is 4.47. The van der Waals surface area contributed by atoms with Gasteiger partial charge in [0.2, 0.25) is 11.8 Å². The van der Waals surface area contributed by atoms with Crippen LogP contribution in [0.2, 0.25) is 0 Å². The second-order valence-electron chi connectivity index (χ2n) is 6.80. The number of aryl methyl sites for hydroxylation is 1. The van der Waals surface area contributed by atoms with Gasteiger partial charge in [-0.25, -0.2) is 9.37 Å². The molecule has 1 unspecified atom stereocenters. The monoisotopic (exact) mass is 427 g/mol. The molecule has 30 heavy (non-hydrogen) atoms. The quantitative estimate of drug-likeness (QED) is 0.583. The predicted molar refractivity (Wildman–Crippen MR) is 115 cm³/mol. The molecule has 0 spiro atoms. The van der Waals surface area contributed by atoms with E-state index in [1.54, 1.807) is 11.4 Å². The molecule has 1 aromatic heterocycles. The number of hydrogen-bond donors (Lipinski definition) is 2. The van der Waals surface area contributed by atoms with E-state index in [9.17, 15) is 14.0 Å². The molecule has 0 aliphatic carbocycles. The Morgan fingerprint density at radius 1 is 1.20 bits per heavy atom. The zero-order chi connectivity index (χ0) is 21.7. The van der Waals surface area contributed by atoms with Crippen LogP contribution in [-0.2, 0) is 9.59 Å². The number of halogens is 1. The number of aromatic nitrogens is 1. The molecule has 1 atom stereocenters. The van der Waals surface area contributed by atoms with E-state index in [0.29, 0.717) is 16.4 Å². The van der Waals surface area contributed by atoms with E-state index in [1.807, 2.05) is 31.2 Å². The van der Waals surface area contributed by atoms with Crippen molar-refractivity contribution in [2.24, 2.45) is 0 Å². The highest BCUT2D eigenvalue weighted by molar-refractivity contribution is 7.14. The Hall–Kier alpha value is -3.26. The number of ether oxygens (including phenoxy) is 1. The first-order valence-corrected chi connectivity index (χ1v) is 10.2. The Kier molecular flexibility index (Phi) is 6.79. The number of thiazole rings is 1. The number of hydrogen-bond acceptors (Lipinski definition) is 5. The first kappa shape index (κ1) is 21.4. The average molecular weight is 428 g/mol. The van der Waals surface area contributed by atoms with Gasteiger partial charge in [0.05, 0.1) is 25.3 Å². The van der Waals surface area contributed by atoms with E-state index in [0.717, 1.165) is 11.1 Å². The normalized spacial score (nSPS) is 11.6. The Bertz CT molecular complexity index is 1050. The number of benzene rings is 2. The van der Waals surface area contributed by atoms with Crippen LogP contribution in [0.4, 0.5) is 9.52 Å². The van der Waals surface area contributed by atoms with E-state index in [-0.39, 0.29) is 24.0 Å². The molecule has 0 saturated carbocycles. The smallest absolute Gasteiger partial charge is 0.228 e. The largest absolute Gasteiger partial charge is 0.494 e. The van der Waals surface area contributed by atoms with Crippen LogP contribution in [0.15, 0.2) is 47.8 Å². The lowest BCUT2D eigenvalue weighted by Crippen LogP contribution is -2.29. The second-order valence-corrected chi connectivity index (χ2v) is 7.66. The summed E-state index contributed by atoms with van der Waals surface area (Å²) < 4.78 is 18.9. The number of carbonyl (C=O) groups excluding carboxylic acids is 2. The van der Waals surface area contributed by atoms with E-state index in [2.05, 4.69) is 15.6 Å². The van der Waals surface area contributed by atoms with Crippen molar-refractivity contribution in [3.8, 4) is 17.0 Å². The number of anilines is 1. The summed E-state index contributed by atoms with van der Waals surface area (Å²) in [5, 5.41) is 7.70. The van der Waals surface area contributed by atoms with E-state index < -0.39 is 11.9 Å². The third kappa shape index (κ3) is 5.42. The van der Waals surface area contributed by atoms with Crippen LogP contribution < -0.4 is 15.4 Å². The van der Waals surface area contributed by atoms with Crippen LogP contribution in [0.3, 0.4) is 0 Å². The van der Waals surface area contributed by atoms with E-state index in [1.165, 1.54) is 37.5 Å². The lowest BCUT2D eigenvalue weighted by Gasteiger charge is -2.18. The van der Waals surface area contributed by atoms with Gasteiger partial charge < -0.3 is 15.4 Å². The second kappa shape index (κ2) is 9.49. The maximum absolute atomic E-state index is 13.9. The molecule has 6 nitrogen and oxygen atoms in total. The van der Waals surface area contributed by atoms with Gasteiger partial charge in [-0.05, 0) is 30.7 Å². The molecule has 2 amide bonds. The highest BCUT2D eigenvalue weighted by Gasteiger charge is 2.18. The summed E-state index contributed by atoms with van der Waals surface area (Å²) >= 11 is 1.24. The van der Waals surface area contributed by atoms with Crippen LogP contribution >= 0.6 is 11.3 Å². The highest BCUT2D eigenvalue weighted by atomic mass is 32.1. The molecular weight excluding hydrogens is 405 g/mol. The molecule has 156 valence electrons. The Morgan fingerprint density at radius 2 is 1.93 bits per heavy atom. The van der Waals surface area contributed by atoms with Crippen molar-refractivity contribution in [1.29, 1.82) is 0 Å². The van der Waals surface area contributed by atoms with Crippen molar-refractivity contribution in [3.63, 3.8) is 0 Å². The van der Waals surface area contributed by atoms with Gasteiger partial charge in [-0.1, -0.05) is 29.8 Å². The number of methoxy groups -OCH3 is 1. The van der Waals surface area contributed by atoms with Gasteiger partial charge >= 0.3 is 0 Å². The molecule has 8 heteroatoms. The summed E-state index contributed by atoms with van der Waals surface area (Å²) in [4.78, 5) is 28.5. The van der Waals surface area contributed by atoms with Crippen molar-refractivity contribution in [2.75, 3.05) is 12.4 Å². The van der Waals surface area contributed by atoms with E-state index in [4.69, 9.17) is 4.74 Å². The number of rotatable bonds is 7. The van der Waals surface area contributed by atoms with Gasteiger partial charge in [0.15, 0.2) is 16.7 Å². The summed E-state index contributed by atoms with van der Waals surface area (Å²) in [7, 11) is 1.40. The fraction of sp³-hybridized carbons (Fsp3) is 0.227. The molecule has 2 N–H and O–H groups in total. The maximum Gasteiger partial charge on any atom is 0.228 e. The highest BCUT2D eigenvalue weighted by Crippen LogP contribution is 2.29. The lowest BCUT2D eigenvalue weighted by atomic mass is 10.0. The van der Waals surface area contributed by atoms with Crippen molar-refractivity contribution in [3.05, 3.63) is 64.8 Å². The Labute approximate surface area is 178 Å². The minimum atomic E-state index is -0.482. The first-order chi connectivity index (χ1) is 14.4. The summed E-state index contributed by atoms with van der Waals surface area (Å²) in [6.07, 6.45) is 0.0642. The minimum Gasteiger partial charge on any atom is -0.494 e. The SMILES string of the molecule is COc1ccc(-c2csc(NC(=O)CC(NC(C)=O)c3ccc(C)cc3)n2)cc1F. The van der Waals surface area contributed by atoms with Crippen molar-refractivity contribution >= 4 is 28.3 Å². The van der Waals surface area contributed by atoms with Crippen molar-refractivity contribution in [2.45, 2.75) is 26.3 Å². The van der Waals surface area contributed by atoms with Gasteiger partial charge in [0.1, 0.15) is 0 Å². The van der Waals surface area contributed by atoms with Gasteiger partial charge in [-0.3, -0.25) is 9.59 Å². The molecule has 1 heterocycles. The molecule has 0 saturated heterocycles. The maximum atomic E-state index is 13.9. The Morgan fingerprint density at radius 3 is 2.57 bits per heavy atom. The zero-order valence-corrected chi connectivity index (χ0v) is 17.7. The van der Waals surface area contributed by atoms with Crippen LogP contribution in [0.5, 0.6) is 5.75 Å². The molecule has 2 aromatic carbocycles. The zero-order valence-electron chi connectivity index (χ0n) is 16.9. The molecule has 3 rings (SSSR count). The van der Waals surface area contributed by atoms with Crippen molar-refractivity contribution in [1.82, 2.24) is 10.3 Å². The molecule has 0 aliphatic heterocycles.